The van der Waals surface area contributed by atoms with E-state index in [-0.39, 0.29) is 11.6 Å². The Hall–Kier alpha value is -2.48. The van der Waals surface area contributed by atoms with Gasteiger partial charge in [-0.1, -0.05) is 13.8 Å². The van der Waals surface area contributed by atoms with Gasteiger partial charge in [0.15, 0.2) is 0 Å². The fourth-order valence-electron chi connectivity index (χ4n) is 1.70. The second-order valence-electron chi connectivity index (χ2n) is 4.68. The monoisotopic (exact) mass is 292 g/mol. The highest BCUT2D eigenvalue weighted by Gasteiger charge is 2.17. The number of ether oxygens (including phenoxy) is 1. The number of non-ortho nitro benzene ring substituents is 1. The summed E-state index contributed by atoms with van der Waals surface area (Å²) >= 11 is 0. The number of benzene rings is 1. The highest BCUT2D eigenvalue weighted by Crippen LogP contribution is 2.32. The van der Waals surface area contributed by atoms with Crippen LogP contribution in [0.15, 0.2) is 22.6 Å². The zero-order chi connectivity index (χ0) is 15.4. The molecule has 112 valence electrons. The molecule has 2 aromatic rings. The van der Waals surface area contributed by atoms with Crippen LogP contribution < -0.4 is 10.1 Å². The number of hydrogen-bond acceptors (Lipinski definition) is 7. The van der Waals surface area contributed by atoms with Gasteiger partial charge in [-0.05, 0) is 6.07 Å². The maximum absolute atomic E-state index is 10.8. The summed E-state index contributed by atoms with van der Waals surface area (Å²) in [5.74, 6) is 1.03. The Morgan fingerprint density at radius 1 is 1.43 bits per heavy atom. The molecule has 0 bridgehead atoms. The number of rotatable bonds is 6. The molecule has 0 aliphatic carbocycles. The van der Waals surface area contributed by atoms with Crippen LogP contribution >= 0.6 is 0 Å². The molecule has 0 fully saturated rings. The summed E-state index contributed by atoms with van der Waals surface area (Å²) < 4.78 is 10.7. The largest absolute Gasteiger partial charge is 0.496 e. The Morgan fingerprint density at radius 2 is 2.19 bits per heavy atom. The quantitative estimate of drug-likeness (QED) is 0.642. The van der Waals surface area contributed by atoms with Crippen LogP contribution in [0, 0.1) is 10.1 Å². The number of aromatic nitrogens is 2. The predicted molar refractivity (Wildman–Crippen MR) is 74.9 cm³/mol. The van der Waals surface area contributed by atoms with Crippen molar-refractivity contribution in [3.8, 4) is 17.2 Å². The van der Waals surface area contributed by atoms with Crippen LogP contribution in [0.2, 0.25) is 0 Å². The second-order valence-corrected chi connectivity index (χ2v) is 4.68. The third kappa shape index (κ3) is 3.54. The molecule has 2 rings (SSSR count). The molecule has 1 N–H and O–H groups in total. The molecule has 0 atom stereocenters. The summed E-state index contributed by atoms with van der Waals surface area (Å²) in [7, 11) is 1.43. The molecule has 1 heterocycles. The number of nitro groups is 1. The summed E-state index contributed by atoms with van der Waals surface area (Å²) in [6.07, 6.45) is 0. The number of nitro benzene ring substituents is 1. The van der Waals surface area contributed by atoms with Gasteiger partial charge >= 0.3 is 0 Å². The Bertz CT molecular complexity index is 639. The van der Waals surface area contributed by atoms with Crippen LogP contribution in [0.1, 0.15) is 19.7 Å². The lowest BCUT2D eigenvalue weighted by Crippen LogP contribution is -2.21. The molecule has 0 spiro atoms. The van der Waals surface area contributed by atoms with Gasteiger partial charge in [-0.25, -0.2) is 0 Å². The van der Waals surface area contributed by atoms with Crippen molar-refractivity contribution in [2.45, 2.75) is 26.4 Å². The fourth-order valence-corrected chi connectivity index (χ4v) is 1.70. The van der Waals surface area contributed by atoms with E-state index in [4.69, 9.17) is 9.15 Å². The van der Waals surface area contributed by atoms with E-state index in [9.17, 15) is 10.1 Å². The van der Waals surface area contributed by atoms with Gasteiger partial charge < -0.3 is 14.5 Å². The number of hydrogen-bond donors (Lipinski definition) is 1. The Balaban J connectivity index is 2.27. The summed E-state index contributed by atoms with van der Waals surface area (Å²) in [5.41, 5.74) is 0.461. The zero-order valence-corrected chi connectivity index (χ0v) is 12.0. The summed E-state index contributed by atoms with van der Waals surface area (Å²) in [6, 6.07) is 4.53. The average Bonchev–Trinajstić information content (AvgIpc) is 2.93. The highest BCUT2D eigenvalue weighted by molar-refractivity contribution is 5.65. The van der Waals surface area contributed by atoms with Crippen molar-refractivity contribution in [1.82, 2.24) is 15.5 Å². The van der Waals surface area contributed by atoms with E-state index in [0.29, 0.717) is 29.8 Å². The number of nitrogens with one attached hydrogen (secondary N) is 1. The maximum atomic E-state index is 10.8. The second kappa shape index (κ2) is 6.31. The Morgan fingerprint density at radius 3 is 2.81 bits per heavy atom. The molecule has 0 saturated heterocycles. The van der Waals surface area contributed by atoms with Gasteiger partial charge in [0.2, 0.25) is 5.89 Å². The molecule has 1 aromatic carbocycles. The van der Waals surface area contributed by atoms with Crippen molar-refractivity contribution < 1.29 is 14.1 Å². The fraction of sp³-hybridized carbons (Fsp3) is 0.385. The van der Waals surface area contributed by atoms with E-state index in [1.807, 2.05) is 13.8 Å². The van der Waals surface area contributed by atoms with Crippen LogP contribution in [0.3, 0.4) is 0 Å². The van der Waals surface area contributed by atoms with Gasteiger partial charge in [0.1, 0.15) is 5.75 Å². The topological polar surface area (TPSA) is 103 Å². The minimum atomic E-state index is -0.488. The standard InChI is InChI=1S/C13H16N4O4/c1-8(2)14-7-12-15-16-13(21-12)10-5-4-9(17(18)19)6-11(10)20-3/h4-6,8,14H,7H2,1-3H3. The minimum absolute atomic E-state index is 0.0585. The van der Waals surface area contributed by atoms with Gasteiger partial charge in [-0.15, -0.1) is 10.2 Å². The van der Waals surface area contributed by atoms with Gasteiger partial charge in [0.25, 0.3) is 11.6 Å². The molecule has 8 nitrogen and oxygen atoms in total. The van der Waals surface area contributed by atoms with Gasteiger partial charge in [-0.3, -0.25) is 10.1 Å². The summed E-state index contributed by atoms with van der Waals surface area (Å²) in [5, 5.41) is 21.8. The van der Waals surface area contributed by atoms with E-state index < -0.39 is 4.92 Å². The lowest BCUT2D eigenvalue weighted by atomic mass is 10.2. The van der Waals surface area contributed by atoms with Crippen molar-refractivity contribution in [2.24, 2.45) is 0 Å². The van der Waals surface area contributed by atoms with Crippen LogP contribution in [-0.4, -0.2) is 28.3 Å². The molecular weight excluding hydrogens is 276 g/mol. The van der Waals surface area contributed by atoms with Crippen molar-refractivity contribution in [1.29, 1.82) is 0 Å². The van der Waals surface area contributed by atoms with Gasteiger partial charge in [0.05, 0.1) is 30.2 Å². The van der Waals surface area contributed by atoms with Gasteiger partial charge in [0, 0.05) is 12.1 Å². The lowest BCUT2D eigenvalue weighted by molar-refractivity contribution is -0.384. The third-order valence-corrected chi connectivity index (χ3v) is 2.75. The molecule has 8 heteroatoms. The lowest BCUT2D eigenvalue weighted by Gasteiger charge is -2.05. The number of methoxy groups -OCH3 is 1. The van der Waals surface area contributed by atoms with Crippen LogP contribution in [0.4, 0.5) is 5.69 Å². The molecule has 0 amide bonds. The molecule has 1 aromatic heterocycles. The minimum Gasteiger partial charge on any atom is -0.496 e. The zero-order valence-electron chi connectivity index (χ0n) is 12.0. The van der Waals surface area contributed by atoms with E-state index in [2.05, 4.69) is 15.5 Å². The third-order valence-electron chi connectivity index (χ3n) is 2.75. The molecule has 0 saturated carbocycles. The van der Waals surface area contributed by atoms with Gasteiger partial charge in [-0.2, -0.15) is 0 Å². The molecule has 0 aliphatic heterocycles. The van der Waals surface area contributed by atoms with E-state index in [1.54, 1.807) is 0 Å². The Labute approximate surface area is 121 Å². The van der Waals surface area contributed by atoms with Crippen molar-refractivity contribution in [3.63, 3.8) is 0 Å². The normalized spacial score (nSPS) is 10.9. The average molecular weight is 292 g/mol. The molecule has 0 radical (unpaired) electrons. The molecule has 0 aliphatic rings. The first-order valence-electron chi connectivity index (χ1n) is 6.40. The summed E-state index contributed by atoms with van der Waals surface area (Å²) in [6.45, 7) is 4.48. The van der Waals surface area contributed by atoms with Crippen molar-refractivity contribution in [2.75, 3.05) is 7.11 Å². The first kappa shape index (κ1) is 14.9. The molecule has 0 unspecified atom stereocenters. The van der Waals surface area contributed by atoms with Crippen molar-refractivity contribution >= 4 is 5.69 Å². The highest BCUT2D eigenvalue weighted by atomic mass is 16.6. The maximum Gasteiger partial charge on any atom is 0.273 e. The first-order valence-corrected chi connectivity index (χ1v) is 6.40. The molecular formula is C13H16N4O4. The first-order chi connectivity index (χ1) is 10.0. The smallest absolute Gasteiger partial charge is 0.273 e. The molecule has 21 heavy (non-hydrogen) atoms. The van der Waals surface area contributed by atoms with E-state index >= 15 is 0 Å². The SMILES string of the molecule is COc1cc([N+](=O)[O-])ccc1-c1nnc(CNC(C)C)o1. The summed E-state index contributed by atoms with van der Waals surface area (Å²) in [4.78, 5) is 10.3. The van der Waals surface area contributed by atoms with Crippen LogP contribution in [-0.2, 0) is 6.54 Å². The van der Waals surface area contributed by atoms with Crippen LogP contribution in [0.25, 0.3) is 11.5 Å². The van der Waals surface area contributed by atoms with E-state index in [1.165, 1.54) is 25.3 Å². The van der Waals surface area contributed by atoms with Crippen molar-refractivity contribution in [3.05, 3.63) is 34.2 Å². The number of nitrogens with zero attached hydrogens (tertiary/aromatic N) is 3. The van der Waals surface area contributed by atoms with E-state index in [0.717, 1.165) is 0 Å². The predicted octanol–water partition coefficient (Wildman–Crippen LogP) is 2.15. The Kier molecular flexibility index (Phi) is 4.49. The van der Waals surface area contributed by atoms with Crippen LogP contribution in [0.5, 0.6) is 5.75 Å².